The lowest BCUT2D eigenvalue weighted by atomic mass is 10.1. The highest BCUT2D eigenvalue weighted by Crippen LogP contribution is 2.24. The average Bonchev–Trinajstić information content (AvgIpc) is 3.19. The molecule has 1 unspecified atom stereocenters. The standard InChI is InChI=1S/C19H25N3O2/c1-14-7-9-17(10-8-14)22-15(2)13-18(20-22)19(24)21-11-3-5-16(21)6-4-12-23/h7-10,13,16,23H,3-6,11-12H2,1-2H3. The van der Waals surface area contributed by atoms with E-state index in [2.05, 4.69) is 12.0 Å². The van der Waals surface area contributed by atoms with Crippen molar-refractivity contribution in [3.05, 3.63) is 47.3 Å². The SMILES string of the molecule is Cc1ccc(-n2nc(C(=O)N3CCCC3CCCO)cc2C)cc1. The third kappa shape index (κ3) is 3.36. The van der Waals surface area contributed by atoms with E-state index in [4.69, 9.17) is 5.11 Å². The fourth-order valence-corrected chi connectivity index (χ4v) is 3.40. The van der Waals surface area contributed by atoms with Crippen LogP contribution in [0.3, 0.4) is 0 Å². The molecule has 24 heavy (non-hydrogen) atoms. The summed E-state index contributed by atoms with van der Waals surface area (Å²) in [6.45, 7) is 4.98. The van der Waals surface area contributed by atoms with Gasteiger partial charge in [0.1, 0.15) is 0 Å². The van der Waals surface area contributed by atoms with Gasteiger partial charge >= 0.3 is 0 Å². The highest BCUT2D eigenvalue weighted by Gasteiger charge is 2.30. The third-order valence-electron chi connectivity index (χ3n) is 4.72. The van der Waals surface area contributed by atoms with Crippen molar-refractivity contribution in [2.24, 2.45) is 0 Å². The fraction of sp³-hybridized carbons (Fsp3) is 0.474. The van der Waals surface area contributed by atoms with Gasteiger partial charge in [0.2, 0.25) is 0 Å². The van der Waals surface area contributed by atoms with Gasteiger partial charge in [0.25, 0.3) is 5.91 Å². The predicted molar refractivity (Wildman–Crippen MR) is 93.4 cm³/mol. The number of carbonyl (C=O) groups excluding carboxylic acids is 1. The van der Waals surface area contributed by atoms with Crippen molar-refractivity contribution in [2.45, 2.75) is 45.6 Å². The lowest BCUT2D eigenvalue weighted by Gasteiger charge is -2.23. The monoisotopic (exact) mass is 327 g/mol. The summed E-state index contributed by atoms with van der Waals surface area (Å²) < 4.78 is 1.82. The minimum absolute atomic E-state index is 0.00408. The molecule has 1 fully saturated rings. The van der Waals surface area contributed by atoms with Gasteiger partial charge in [-0.05, 0) is 57.7 Å². The van der Waals surface area contributed by atoms with Crippen LogP contribution in [0.5, 0.6) is 0 Å². The molecule has 5 nitrogen and oxygen atoms in total. The molecule has 1 amide bonds. The summed E-state index contributed by atoms with van der Waals surface area (Å²) in [6, 6.07) is 10.2. The van der Waals surface area contributed by atoms with Crippen LogP contribution in [0.25, 0.3) is 5.69 Å². The summed E-state index contributed by atoms with van der Waals surface area (Å²) in [5, 5.41) is 13.6. The molecule has 0 bridgehead atoms. The molecular weight excluding hydrogens is 302 g/mol. The number of amides is 1. The van der Waals surface area contributed by atoms with Gasteiger partial charge in [-0.25, -0.2) is 4.68 Å². The van der Waals surface area contributed by atoms with Crippen LogP contribution in [0.2, 0.25) is 0 Å². The van der Waals surface area contributed by atoms with Crippen molar-refractivity contribution >= 4 is 5.91 Å². The van der Waals surface area contributed by atoms with E-state index in [1.54, 1.807) is 0 Å². The lowest BCUT2D eigenvalue weighted by molar-refractivity contribution is 0.0718. The number of aliphatic hydroxyl groups is 1. The number of rotatable bonds is 5. The first-order valence-corrected chi connectivity index (χ1v) is 8.65. The summed E-state index contributed by atoms with van der Waals surface area (Å²) in [5.74, 6) is 0.00408. The average molecular weight is 327 g/mol. The summed E-state index contributed by atoms with van der Waals surface area (Å²) in [5.41, 5.74) is 3.62. The molecule has 5 heteroatoms. The van der Waals surface area contributed by atoms with E-state index in [1.165, 1.54) is 5.56 Å². The van der Waals surface area contributed by atoms with Gasteiger partial charge in [0.05, 0.1) is 5.69 Å². The van der Waals surface area contributed by atoms with Gasteiger partial charge in [-0.15, -0.1) is 0 Å². The van der Waals surface area contributed by atoms with E-state index in [9.17, 15) is 4.79 Å². The first-order chi connectivity index (χ1) is 11.6. The molecule has 0 spiro atoms. The molecule has 2 heterocycles. The quantitative estimate of drug-likeness (QED) is 0.918. The number of hydrogen-bond acceptors (Lipinski definition) is 3. The number of aryl methyl sites for hydroxylation is 2. The molecule has 0 saturated carbocycles. The Morgan fingerprint density at radius 3 is 2.75 bits per heavy atom. The van der Waals surface area contributed by atoms with E-state index in [1.807, 2.05) is 46.8 Å². The number of nitrogens with zero attached hydrogens (tertiary/aromatic N) is 3. The predicted octanol–water partition coefficient (Wildman–Crippen LogP) is 2.87. The number of hydrogen-bond donors (Lipinski definition) is 1. The molecule has 0 radical (unpaired) electrons. The topological polar surface area (TPSA) is 58.4 Å². The van der Waals surface area contributed by atoms with Crippen LogP contribution >= 0.6 is 0 Å². The maximum atomic E-state index is 12.9. The highest BCUT2D eigenvalue weighted by atomic mass is 16.3. The van der Waals surface area contributed by atoms with Gasteiger partial charge in [-0.1, -0.05) is 17.7 Å². The van der Waals surface area contributed by atoms with Crippen LogP contribution < -0.4 is 0 Å². The van der Waals surface area contributed by atoms with Crippen LogP contribution in [-0.4, -0.2) is 44.9 Å². The number of aliphatic hydroxyl groups excluding tert-OH is 1. The van der Waals surface area contributed by atoms with Crippen LogP contribution in [-0.2, 0) is 0 Å². The van der Waals surface area contributed by atoms with Crippen molar-refractivity contribution in [2.75, 3.05) is 13.2 Å². The summed E-state index contributed by atoms with van der Waals surface area (Å²) in [6.07, 6.45) is 3.65. The molecule has 1 aromatic heterocycles. The lowest BCUT2D eigenvalue weighted by Crippen LogP contribution is -2.36. The normalized spacial score (nSPS) is 17.5. The first kappa shape index (κ1) is 16.7. The highest BCUT2D eigenvalue weighted by molar-refractivity contribution is 5.93. The zero-order chi connectivity index (χ0) is 17.1. The van der Waals surface area contributed by atoms with Crippen molar-refractivity contribution < 1.29 is 9.90 Å². The van der Waals surface area contributed by atoms with E-state index >= 15 is 0 Å². The van der Waals surface area contributed by atoms with Crippen LogP contribution in [0, 0.1) is 13.8 Å². The zero-order valence-electron chi connectivity index (χ0n) is 14.4. The Bertz CT molecular complexity index is 706. The Morgan fingerprint density at radius 2 is 2.04 bits per heavy atom. The molecule has 1 aliphatic heterocycles. The molecule has 128 valence electrons. The van der Waals surface area contributed by atoms with Crippen molar-refractivity contribution in [1.29, 1.82) is 0 Å². The maximum absolute atomic E-state index is 12.9. The van der Waals surface area contributed by atoms with E-state index in [0.717, 1.165) is 43.6 Å². The smallest absolute Gasteiger partial charge is 0.274 e. The Morgan fingerprint density at radius 1 is 1.29 bits per heavy atom. The molecule has 1 atom stereocenters. The van der Waals surface area contributed by atoms with E-state index in [-0.39, 0.29) is 18.6 Å². The van der Waals surface area contributed by atoms with Crippen LogP contribution in [0.4, 0.5) is 0 Å². The molecule has 1 saturated heterocycles. The zero-order valence-corrected chi connectivity index (χ0v) is 14.4. The Balaban J connectivity index is 1.81. The van der Waals surface area contributed by atoms with E-state index in [0.29, 0.717) is 5.69 Å². The van der Waals surface area contributed by atoms with Crippen molar-refractivity contribution in [1.82, 2.24) is 14.7 Å². The summed E-state index contributed by atoms with van der Waals surface area (Å²) >= 11 is 0. The Hall–Kier alpha value is -2.14. The first-order valence-electron chi connectivity index (χ1n) is 8.65. The van der Waals surface area contributed by atoms with Gasteiger partial charge in [0.15, 0.2) is 5.69 Å². The van der Waals surface area contributed by atoms with Crippen LogP contribution in [0.1, 0.15) is 47.4 Å². The fourth-order valence-electron chi connectivity index (χ4n) is 3.40. The minimum Gasteiger partial charge on any atom is -0.396 e. The largest absolute Gasteiger partial charge is 0.396 e. The van der Waals surface area contributed by atoms with Crippen molar-refractivity contribution in [3.8, 4) is 5.69 Å². The molecule has 2 aromatic rings. The third-order valence-corrected chi connectivity index (χ3v) is 4.72. The van der Waals surface area contributed by atoms with Gasteiger partial charge in [0, 0.05) is 24.9 Å². The molecule has 1 aromatic carbocycles. The molecule has 1 N–H and O–H groups in total. The Labute approximate surface area is 142 Å². The second kappa shape index (κ2) is 7.18. The maximum Gasteiger partial charge on any atom is 0.274 e. The summed E-state index contributed by atoms with van der Waals surface area (Å²) in [7, 11) is 0. The summed E-state index contributed by atoms with van der Waals surface area (Å²) in [4.78, 5) is 14.8. The number of likely N-dealkylation sites (tertiary alicyclic amines) is 1. The van der Waals surface area contributed by atoms with Gasteiger partial charge < -0.3 is 10.0 Å². The number of aromatic nitrogens is 2. The minimum atomic E-state index is 0.00408. The second-order valence-corrected chi connectivity index (χ2v) is 6.58. The van der Waals surface area contributed by atoms with E-state index < -0.39 is 0 Å². The van der Waals surface area contributed by atoms with Gasteiger partial charge in [-0.3, -0.25) is 4.79 Å². The second-order valence-electron chi connectivity index (χ2n) is 6.58. The molecule has 0 aliphatic carbocycles. The van der Waals surface area contributed by atoms with Crippen LogP contribution in [0.15, 0.2) is 30.3 Å². The number of carbonyl (C=O) groups is 1. The molecular formula is C19H25N3O2. The number of benzene rings is 1. The van der Waals surface area contributed by atoms with Gasteiger partial charge in [-0.2, -0.15) is 5.10 Å². The molecule has 3 rings (SSSR count). The molecule has 1 aliphatic rings. The Kier molecular flexibility index (Phi) is 5.00. The van der Waals surface area contributed by atoms with Crippen molar-refractivity contribution in [3.63, 3.8) is 0 Å².